The lowest BCUT2D eigenvalue weighted by molar-refractivity contribution is 0.300. The van der Waals surface area contributed by atoms with Crippen LogP contribution in [0.4, 0.5) is 0 Å². The van der Waals surface area contributed by atoms with Crippen molar-refractivity contribution in [3.63, 3.8) is 0 Å². The van der Waals surface area contributed by atoms with Gasteiger partial charge in [0.25, 0.3) is 0 Å². The maximum Gasteiger partial charge on any atom is 0.124 e. The van der Waals surface area contributed by atoms with Gasteiger partial charge in [-0.2, -0.15) is 0 Å². The Morgan fingerprint density at radius 1 is 0.800 bits per heavy atom. The second-order valence-corrected chi connectivity index (χ2v) is 6.80. The highest BCUT2D eigenvalue weighted by Crippen LogP contribution is 2.21. The highest BCUT2D eigenvalue weighted by atomic mass is 35.5. The smallest absolute Gasteiger partial charge is 0.124 e. The van der Waals surface area contributed by atoms with Crippen molar-refractivity contribution < 1.29 is 4.74 Å². The Hall–Kier alpha value is -1.51. The molecule has 1 N–H and O–H groups in total. The van der Waals surface area contributed by atoms with Crippen LogP contribution in [0.3, 0.4) is 0 Å². The Morgan fingerprint density at radius 2 is 1.44 bits per heavy atom. The molecule has 136 valence electrons. The number of nitrogens with one attached hydrogen (secondary N) is 1. The molecule has 2 aromatic carbocycles. The molecule has 25 heavy (non-hydrogen) atoms. The van der Waals surface area contributed by atoms with E-state index < -0.39 is 0 Å². The molecule has 0 unspecified atom stereocenters. The normalized spacial score (nSPS) is 15.7. The van der Waals surface area contributed by atoms with Crippen LogP contribution >= 0.6 is 12.4 Å². The zero-order chi connectivity index (χ0) is 16.5. The Balaban J connectivity index is 0.00000225. The average molecular weight is 360 g/mol. The summed E-state index contributed by atoms with van der Waals surface area (Å²) in [5.74, 6) is 1.000. The molecule has 3 rings (SSSR count). The van der Waals surface area contributed by atoms with Crippen LogP contribution in [0.2, 0.25) is 0 Å². The molecule has 3 heteroatoms. The number of benzene rings is 2. The predicted molar refractivity (Wildman–Crippen MR) is 107 cm³/mol. The largest absolute Gasteiger partial charge is 0.489 e. The van der Waals surface area contributed by atoms with Crippen molar-refractivity contribution in [2.75, 3.05) is 0 Å². The molecule has 1 aliphatic rings. The first kappa shape index (κ1) is 19.8. The fourth-order valence-electron chi connectivity index (χ4n) is 3.44. The number of ether oxygens (including phenoxy) is 1. The molecule has 0 aromatic heterocycles. The molecule has 0 spiro atoms. The summed E-state index contributed by atoms with van der Waals surface area (Å²) in [6, 6.07) is 19.4. The van der Waals surface area contributed by atoms with Gasteiger partial charge < -0.3 is 10.1 Å². The maximum atomic E-state index is 6.07. The van der Waals surface area contributed by atoms with Gasteiger partial charge in [-0.3, -0.25) is 0 Å². The molecule has 0 aliphatic heterocycles. The van der Waals surface area contributed by atoms with Crippen LogP contribution in [0.5, 0.6) is 5.75 Å². The molecule has 1 saturated carbocycles. The van der Waals surface area contributed by atoms with Gasteiger partial charge in [-0.1, -0.05) is 80.6 Å². The molecule has 0 heterocycles. The van der Waals surface area contributed by atoms with Gasteiger partial charge in [-0.05, 0) is 24.5 Å². The van der Waals surface area contributed by atoms with Gasteiger partial charge in [0.2, 0.25) is 0 Å². The summed E-state index contributed by atoms with van der Waals surface area (Å²) in [4.78, 5) is 0. The van der Waals surface area contributed by atoms with E-state index in [4.69, 9.17) is 4.74 Å². The zero-order valence-corrected chi connectivity index (χ0v) is 15.8. The third kappa shape index (κ3) is 6.72. The number of halogens is 1. The van der Waals surface area contributed by atoms with Crippen molar-refractivity contribution in [3.05, 3.63) is 65.7 Å². The number of para-hydroxylation sites is 1. The van der Waals surface area contributed by atoms with E-state index in [1.54, 1.807) is 0 Å². The molecule has 0 atom stereocenters. The Labute approximate surface area is 158 Å². The highest BCUT2D eigenvalue weighted by molar-refractivity contribution is 5.85. The van der Waals surface area contributed by atoms with Gasteiger partial charge in [-0.15, -0.1) is 12.4 Å². The quantitative estimate of drug-likeness (QED) is 0.694. The Morgan fingerprint density at radius 3 is 2.20 bits per heavy atom. The fraction of sp³-hybridized carbons (Fsp3) is 0.455. The molecular formula is C22H30ClNO. The lowest BCUT2D eigenvalue weighted by Crippen LogP contribution is -2.29. The average Bonchev–Trinajstić information content (AvgIpc) is 2.61. The van der Waals surface area contributed by atoms with Gasteiger partial charge in [0.1, 0.15) is 12.4 Å². The fourth-order valence-corrected chi connectivity index (χ4v) is 3.44. The number of hydrogen-bond acceptors (Lipinski definition) is 2. The van der Waals surface area contributed by atoms with E-state index in [1.807, 2.05) is 6.07 Å². The van der Waals surface area contributed by atoms with Crippen molar-refractivity contribution in [2.24, 2.45) is 0 Å². The summed E-state index contributed by atoms with van der Waals surface area (Å²) in [5, 5.41) is 3.76. The second-order valence-electron chi connectivity index (χ2n) is 6.80. The van der Waals surface area contributed by atoms with Crippen LogP contribution < -0.4 is 10.1 Å². The van der Waals surface area contributed by atoms with E-state index in [2.05, 4.69) is 53.8 Å². The van der Waals surface area contributed by atoms with Crippen molar-refractivity contribution >= 4 is 12.4 Å². The molecule has 2 aromatic rings. The third-order valence-corrected chi connectivity index (χ3v) is 4.90. The summed E-state index contributed by atoms with van der Waals surface area (Å²) in [7, 11) is 0. The molecule has 0 amide bonds. The summed E-state index contributed by atoms with van der Waals surface area (Å²) >= 11 is 0. The minimum atomic E-state index is 0. The van der Waals surface area contributed by atoms with E-state index in [0.29, 0.717) is 12.6 Å². The van der Waals surface area contributed by atoms with Crippen LogP contribution in [0.15, 0.2) is 54.6 Å². The molecule has 0 saturated heterocycles. The van der Waals surface area contributed by atoms with E-state index in [9.17, 15) is 0 Å². The Bertz CT molecular complexity index is 594. The van der Waals surface area contributed by atoms with Crippen molar-refractivity contribution in [1.82, 2.24) is 5.32 Å². The highest BCUT2D eigenvalue weighted by Gasteiger charge is 2.12. The second kappa shape index (κ2) is 11.2. The monoisotopic (exact) mass is 359 g/mol. The van der Waals surface area contributed by atoms with E-state index in [1.165, 1.54) is 56.1 Å². The topological polar surface area (TPSA) is 21.3 Å². The first-order valence-corrected chi connectivity index (χ1v) is 9.40. The standard InChI is InChI=1S/C22H29NO.ClH/c1-2-7-14-21(15-8-3-1)23-17-20-13-9-10-16-22(20)24-18-19-11-5-4-6-12-19;/h4-6,9-13,16,21,23H,1-3,7-8,14-15,17-18H2;1H. The summed E-state index contributed by atoms with van der Waals surface area (Å²) < 4.78 is 6.07. The molecule has 1 aliphatic carbocycles. The number of hydrogen-bond donors (Lipinski definition) is 1. The van der Waals surface area contributed by atoms with Gasteiger partial charge in [0.05, 0.1) is 0 Å². The van der Waals surface area contributed by atoms with Gasteiger partial charge in [-0.25, -0.2) is 0 Å². The lowest BCUT2D eigenvalue weighted by Gasteiger charge is -2.22. The summed E-state index contributed by atoms with van der Waals surface area (Å²) in [5.41, 5.74) is 2.47. The van der Waals surface area contributed by atoms with Crippen LogP contribution in [-0.2, 0) is 13.2 Å². The van der Waals surface area contributed by atoms with E-state index in [-0.39, 0.29) is 12.4 Å². The van der Waals surface area contributed by atoms with Crippen molar-refractivity contribution in [3.8, 4) is 5.75 Å². The summed E-state index contributed by atoms with van der Waals surface area (Å²) in [6.07, 6.45) is 9.57. The minimum Gasteiger partial charge on any atom is -0.489 e. The van der Waals surface area contributed by atoms with Crippen molar-refractivity contribution in [2.45, 2.75) is 64.1 Å². The van der Waals surface area contributed by atoms with Gasteiger partial charge >= 0.3 is 0 Å². The van der Waals surface area contributed by atoms with Crippen LogP contribution in [0.1, 0.15) is 56.1 Å². The van der Waals surface area contributed by atoms with Gasteiger partial charge in [0, 0.05) is 18.2 Å². The van der Waals surface area contributed by atoms with E-state index in [0.717, 1.165) is 12.3 Å². The SMILES string of the molecule is Cl.c1ccc(COc2ccccc2CNC2CCCCCCC2)cc1. The maximum absolute atomic E-state index is 6.07. The molecule has 0 bridgehead atoms. The van der Waals surface area contributed by atoms with Crippen LogP contribution in [0.25, 0.3) is 0 Å². The van der Waals surface area contributed by atoms with Crippen LogP contribution in [-0.4, -0.2) is 6.04 Å². The Kier molecular flexibility index (Phi) is 8.85. The lowest BCUT2D eigenvalue weighted by atomic mass is 9.96. The molecule has 0 radical (unpaired) electrons. The minimum absolute atomic E-state index is 0. The van der Waals surface area contributed by atoms with Crippen molar-refractivity contribution in [1.29, 1.82) is 0 Å². The van der Waals surface area contributed by atoms with E-state index >= 15 is 0 Å². The first-order chi connectivity index (χ1) is 11.9. The molecule has 2 nitrogen and oxygen atoms in total. The zero-order valence-electron chi connectivity index (χ0n) is 15.0. The van der Waals surface area contributed by atoms with Crippen LogP contribution in [0, 0.1) is 0 Å². The van der Waals surface area contributed by atoms with Gasteiger partial charge in [0.15, 0.2) is 0 Å². The number of rotatable bonds is 6. The first-order valence-electron chi connectivity index (χ1n) is 9.40. The summed E-state index contributed by atoms with van der Waals surface area (Å²) in [6.45, 7) is 1.52. The third-order valence-electron chi connectivity index (χ3n) is 4.90. The molecular weight excluding hydrogens is 330 g/mol. The molecule has 1 fully saturated rings. The predicted octanol–water partition coefficient (Wildman–Crippen LogP) is 5.89.